The van der Waals surface area contributed by atoms with Crippen molar-refractivity contribution in [2.24, 2.45) is 5.10 Å². The summed E-state index contributed by atoms with van der Waals surface area (Å²) < 4.78 is 13.9. The van der Waals surface area contributed by atoms with Gasteiger partial charge in [-0.3, -0.25) is 4.79 Å². The van der Waals surface area contributed by atoms with Crippen LogP contribution in [0.5, 0.6) is 11.5 Å². The second kappa shape index (κ2) is 11.3. The van der Waals surface area contributed by atoms with Crippen molar-refractivity contribution in [3.8, 4) is 11.5 Å². The minimum absolute atomic E-state index is 0.205. The predicted octanol–water partition coefficient (Wildman–Crippen LogP) is 6.28. The van der Waals surface area contributed by atoms with Gasteiger partial charge in [0.1, 0.15) is 12.4 Å². The van der Waals surface area contributed by atoms with Gasteiger partial charge in [-0.2, -0.15) is 9.78 Å². The van der Waals surface area contributed by atoms with Gasteiger partial charge in [-0.25, -0.2) is 4.98 Å². The number of aryl methyl sites for hydroxylation is 2. The molecule has 4 rings (SSSR count). The van der Waals surface area contributed by atoms with E-state index in [1.54, 1.807) is 19.4 Å². The minimum Gasteiger partial charge on any atom is -0.493 e. The molecule has 0 fully saturated rings. The van der Waals surface area contributed by atoms with Gasteiger partial charge in [0, 0.05) is 16.5 Å². The number of hydrogen-bond donors (Lipinski definition) is 0. The topological polar surface area (TPSA) is 65.7 Å². The molecule has 6 nitrogen and oxygen atoms in total. The summed E-state index contributed by atoms with van der Waals surface area (Å²) in [5.41, 5.74) is 3.39. The van der Waals surface area contributed by atoms with Crippen LogP contribution in [0.25, 0.3) is 10.9 Å². The summed E-state index contributed by atoms with van der Waals surface area (Å²) in [6.07, 6.45) is 4.19. The molecule has 0 unspecified atom stereocenters. The average molecular weight is 534 g/mol. The highest BCUT2D eigenvalue weighted by Crippen LogP contribution is 2.31. The Hall–Kier alpha value is -3.45. The Balaban J connectivity index is 1.74. The van der Waals surface area contributed by atoms with E-state index in [0.29, 0.717) is 46.8 Å². The number of hydrogen-bond acceptors (Lipinski definition) is 5. The number of rotatable bonds is 9. The molecule has 0 spiro atoms. The van der Waals surface area contributed by atoms with Crippen molar-refractivity contribution in [1.82, 2.24) is 9.66 Å². The summed E-state index contributed by atoms with van der Waals surface area (Å²) in [4.78, 5) is 18.1. The lowest BCUT2D eigenvalue weighted by atomic mass is 10.1. The predicted molar refractivity (Wildman–Crippen MR) is 144 cm³/mol. The SMILES string of the molecule is CCCCc1nc2ccc(Br)cc2c(=O)n1N=Cc1cccc(OC)c1OCc1cccc(C)c1. The van der Waals surface area contributed by atoms with E-state index in [0.717, 1.165) is 22.9 Å². The number of nitrogens with zero attached hydrogens (tertiary/aromatic N) is 3. The number of aromatic nitrogens is 2. The Morgan fingerprint density at radius 3 is 2.71 bits per heavy atom. The fraction of sp³-hybridized carbons (Fsp3) is 0.250. The zero-order valence-corrected chi connectivity index (χ0v) is 21.7. The maximum absolute atomic E-state index is 13.4. The van der Waals surface area contributed by atoms with Crippen molar-refractivity contribution in [2.75, 3.05) is 7.11 Å². The summed E-state index contributed by atoms with van der Waals surface area (Å²) in [6.45, 7) is 4.54. The van der Waals surface area contributed by atoms with Gasteiger partial charge in [0.2, 0.25) is 0 Å². The summed E-state index contributed by atoms with van der Waals surface area (Å²) in [7, 11) is 1.61. The van der Waals surface area contributed by atoms with E-state index in [9.17, 15) is 4.79 Å². The minimum atomic E-state index is -0.205. The molecule has 0 radical (unpaired) electrons. The first-order valence-corrected chi connectivity index (χ1v) is 12.4. The van der Waals surface area contributed by atoms with Gasteiger partial charge in [0.05, 0.1) is 24.2 Å². The van der Waals surface area contributed by atoms with Crippen LogP contribution in [0.2, 0.25) is 0 Å². The van der Waals surface area contributed by atoms with E-state index in [1.807, 2.05) is 42.5 Å². The van der Waals surface area contributed by atoms with Crippen molar-refractivity contribution in [3.63, 3.8) is 0 Å². The van der Waals surface area contributed by atoms with Gasteiger partial charge in [-0.05, 0) is 49.2 Å². The molecule has 4 aromatic rings. The molecule has 1 heterocycles. The van der Waals surface area contributed by atoms with Crippen LogP contribution >= 0.6 is 15.9 Å². The molecule has 0 bridgehead atoms. The van der Waals surface area contributed by atoms with E-state index < -0.39 is 0 Å². The molecule has 0 aliphatic heterocycles. The van der Waals surface area contributed by atoms with E-state index in [1.165, 1.54) is 10.2 Å². The zero-order valence-electron chi connectivity index (χ0n) is 20.1. The van der Waals surface area contributed by atoms with Gasteiger partial charge in [0.15, 0.2) is 11.5 Å². The lowest BCUT2D eigenvalue weighted by Gasteiger charge is -2.14. The highest BCUT2D eigenvalue weighted by Gasteiger charge is 2.13. The maximum atomic E-state index is 13.4. The van der Waals surface area contributed by atoms with Gasteiger partial charge in [0.25, 0.3) is 5.56 Å². The Bertz CT molecular complexity index is 1430. The van der Waals surface area contributed by atoms with Crippen LogP contribution in [-0.4, -0.2) is 23.0 Å². The number of unbranched alkanes of at least 4 members (excludes halogenated alkanes) is 1. The molecule has 0 aliphatic rings. The lowest BCUT2D eigenvalue weighted by molar-refractivity contribution is 0.284. The van der Waals surface area contributed by atoms with E-state index in [4.69, 9.17) is 14.5 Å². The van der Waals surface area contributed by atoms with Gasteiger partial charge in [-0.1, -0.05) is 65.2 Å². The van der Waals surface area contributed by atoms with Gasteiger partial charge < -0.3 is 9.47 Å². The number of benzene rings is 3. The summed E-state index contributed by atoms with van der Waals surface area (Å²) in [5.74, 6) is 1.80. The first kappa shape index (κ1) is 24.7. The van der Waals surface area contributed by atoms with Crippen molar-refractivity contribution < 1.29 is 9.47 Å². The maximum Gasteiger partial charge on any atom is 0.282 e. The molecule has 0 amide bonds. The standard InChI is InChI=1S/C28H28BrN3O3/c1-4-5-12-26-31-24-14-13-22(29)16-23(24)28(33)32(26)30-17-21-10-7-11-25(34-3)27(21)35-18-20-9-6-8-19(2)15-20/h6-11,13-17H,4-5,12,18H2,1-3H3. The molecule has 3 aromatic carbocycles. The molecular weight excluding hydrogens is 506 g/mol. The van der Waals surface area contributed by atoms with Crippen LogP contribution < -0.4 is 15.0 Å². The third kappa shape index (κ3) is 5.80. The molecule has 180 valence electrons. The highest BCUT2D eigenvalue weighted by atomic mass is 79.9. The fourth-order valence-electron chi connectivity index (χ4n) is 3.84. The van der Waals surface area contributed by atoms with E-state index in [2.05, 4.69) is 47.0 Å². The third-order valence-corrected chi connectivity index (χ3v) is 6.13. The number of halogens is 1. The van der Waals surface area contributed by atoms with Crippen molar-refractivity contribution >= 4 is 33.0 Å². The third-order valence-electron chi connectivity index (χ3n) is 5.64. The molecule has 0 atom stereocenters. The van der Waals surface area contributed by atoms with Crippen molar-refractivity contribution in [2.45, 2.75) is 39.7 Å². The summed E-state index contributed by atoms with van der Waals surface area (Å²) in [5, 5.41) is 5.09. The summed E-state index contributed by atoms with van der Waals surface area (Å²) >= 11 is 3.45. The molecule has 0 saturated heterocycles. The number of fused-ring (bicyclic) bond motifs is 1. The van der Waals surface area contributed by atoms with Crippen LogP contribution in [0.1, 0.15) is 42.3 Å². The molecular formula is C28H28BrN3O3. The van der Waals surface area contributed by atoms with Crippen molar-refractivity contribution in [1.29, 1.82) is 0 Å². The Labute approximate surface area is 213 Å². The highest BCUT2D eigenvalue weighted by molar-refractivity contribution is 9.10. The second-order valence-corrected chi connectivity index (χ2v) is 9.23. The van der Waals surface area contributed by atoms with Crippen LogP contribution in [0.3, 0.4) is 0 Å². The molecule has 7 heteroatoms. The smallest absolute Gasteiger partial charge is 0.282 e. The van der Waals surface area contributed by atoms with Gasteiger partial charge in [-0.15, -0.1) is 0 Å². The molecule has 0 N–H and O–H groups in total. The first-order valence-electron chi connectivity index (χ1n) is 11.6. The van der Waals surface area contributed by atoms with Crippen LogP contribution in [-0.2, 0) is 13.0 Å². The Morgan fingerprint density at radius 1 is 1.11 bits per heavy atom. The normalized spacial score (nSPS) is 11.3. The Morgan fingerprint density at radius 2 is 1.94 bits per heavy atom. The first-order chi connectivity index (χ1) is 17.0. The monoisotopic (exact) mass is 533 g/mol. The quantitative estimate of drug-likeness (QED) is 0.237. The van der Waals surface area contributed by atoms with Crippen LogP contribution in [0.15, 0.2) is 75.0 Å². The number of methoxy groups -OCH3 is 1. The molecule has 1 aromatic heterocycles. The fourth-order valence-corrected chi connectivity index (χ4v) is 4.20. The van der Waals surface area contributed by atoms with Gasteiger partial charge >= 0.3 is 0 Å². The number of para-hydroxylation sites is 1. The lowest BCUT2D eigenvalue weighted by Crippen LogP contribution is -2.22. The largest absolute Gasteiger partial charge is 0.493 e. The number of ether oxygens (including phenoxy) is 2. The second-order valence-electron chi connectivity index (χ2n) is 8.31. The van der Waals surface area contributed by atoms with E-state index >= 15 is 0 Å². The van der Waals surface area contributed by atoms with Crippen molar-refractivity contribution in [3.05, 3.63) is 98.0 Å². The Kier molecular flexibility index (Phi) is 7.98. The molecule has 0 saturated carbocycles. The van der Waals surface area contributed by atoms with E-state index in [-0.39, 0.29) is 5.56 Å². The van der Waals surface area contributed by atoms with Crippen LogP contribution in [0, 0.1) is 6.92 Å². The van der Waals surface area contributed by atoms with Crippen LogP contribution in [0.4, 0.5) is 0 Å². The summed E-state index contributed by atoms with van der Waals surface area (Å²) in [6, 6.07) is 19.3. The average Bonchev–Trinajstić information content (AvgIpc) is 2.86. The molecule has 35 heavy (non-hydrogen) atoms. The zero-order chi connectivity index (χ0) is 24.8. The molecule has 0 aliphatic carbocycles.